The van der Waals surface area contributed by atoms with Crippen molar-refractivity contribution in [3.8, 4) is 5.75 Å². The fourth-order valence-electron chi connectivity index (χ4n) is 4.74. The van der Waals surface area contributed by atoms with Crippen LogP contribution in [0.15, 0.2) is 24.3 Å². The van der Waals surface area contributed by atoms with E-state index in [4.69, 9.17) is 16.2 Å². The molecule has 0 aliphatic heterocycles. The smallest absolute Gasteiger partial charge is 0.328 e. The minimum absolute atomic E-state index is 0.146. The fraction of sp³-hybridized carbons (Fsp3) is 0.676. The summed E-state index contributed by atoms with van der Waals surface area (Å²) in [4.78, 5) is 62.7. The molecule has 0 aromatic heterocycles. The molecule has 7 N–H and O–H groups in total. The van der Waals surface area contributed by atoms with Gasteiger partial charge in [-0.2, -0.15) is 0 Å². The SMILES string of the molecule is CCCCCC(=O)NC(Cc1ccc(OC(=O)C(N)CCCCC)cc1)C(=O)NC(C(=O)NCCCCCC(N)=O)C(C)CC. The first-order valence-electron chi connectivity index (χ1n) is 16.7. The molecule has 1 rings (SSSR count). The number of nitrogens with two attached hydrogens (primary N) is 2. The summed E-state index contributed by atoms with van der Waals surface area (Å²) in [5.74, 6) is -1.60. The molecule has 0 fully saturated rings. The Bertz CT molecular complexity index is 1050. The van der Waals surface area contributed by atoms with Gasteiger partial charge in [0.05, 0.1) is 0 Å². The second-order valence-electron chi connectivity index (χ2n) is 11.9. The van der Waals surface area contributed by atoms with Crippen molar-refractivity contribution in [1.29, 1.82) is 0 Å². The lowest BCUT2D eigenvalue weighted by Crippen LogP contribution is -2.56. The van der Waals surface area contributed by atoms with Gasteiger partial charge in [-0.05, 0) is 49.3 Å². The fourth-order valence-corrected chi connectivity index (χ4v) is 4.74. The second kappa shape index (κ2) is 23.0. The molecule has 0 aliphatic carbocycles. The molecular formula is C34H57N5O6. The number of hydrogen-bond acceptors (Lipinski definition) is 7. The lowest BCUT2D eigenvalue weighted by molar-refractivity contribution is -0.136. The van der Waals surface area contributed by atoms with E-state index in [2.05, 4.69) is 29.8 Å². The van der Waals surface area contributed by atoms with Crippen molar-refractivity contribution in [2.75, 3.05) is 6.54 Å². The van der Waals surface area contributed by atoms with E-state index in [1.807, 2.05) is 13.8 Å². The van der Waals surface area contributed by atoms with Gasteiger partial charge in [-0.3, -0.25) is 19.2 Å². The van der Waals surface area contributed by atoms with Crippen molar-refractivity contribution in [2.24, 2.45) is 17.4 Å². The van der Waals surface area contributed by atoms with E-state index in [-0.39, 0.29) is 30.1 Å². The highest BCUT2D eigenvalue weighted by atomic mass is 16.5. The molecule has 0 radical (unpaired) electrons. The molecule has 0 heterocycles. The number of carbonyl (C=O) groups excluding carboxylic acids is 5. The van der Waals surface area contributed by atoms with Gasteiger partial charge in [-0.25, -0.2) is 4.79 Å². The predicted molar refractivity (Wildman–Crippen MR) is 176 cm³/mol. The van der Waals surface area contributed by atoms with E-state index in [0.717, 1.165) is 44.1 Å². The van der Waals surface area contributed by atoms with Gasteiger partial charge in [0.25, 0.3) is 0 Å². The quantitative estimate of drug-likeness (QED) is 0.0653. The Hall–Kier alpha value is -3.47. The summed E-state index contributed by atoms with van der Waals surface area (Å²) >= 11 is 0. The first-order chi connectivity index (χ1) is 21.5. The van der Waals surface area contributed by atoms with Crippen molar-refractivity contribution < 1.29 is 28.7 Å². The van der Waals surface area contributed by atoms with E-state index in [1.54, 1.807) is 24.3 Å². The zero-order chi connectivity index (χ0) is 33.6. The van der Waals surface area contributed by atoms with Crippen LogP contribution in [0.1, 0.15) is 117 Å². The van der Waals surface area contributed by atoms with Gasteiger partial charge in [0.15, 0.2) is 0 Å². The zero-order valence-corrected chi connectivity index (χ0v) is 27.8. The number of hydrogen-bond donors (Lipinski definition) is 5. The van der Waals surface area contributed by atoms with Crippen molar-refractivity contribution in [1.82, 2.24) is 16.0 Å². The Labute approximate surface area is 269 Å². The van der Waals surface area contributed by atoms with E-state index in [1.165, 1.54) is 0 Å². The summed E-state index contributed by atoms with van der Waals surface area (Å²) < 4.78 is 5.44. The Kier molecular flexibility index (Phi) is 20.2. The molecule has 0 saturated carbocycles. The van der Waals surface area contributed by atoms with Crippen molar-refractivity contribution in [3.63, 3.8) is 0 Å². The highest BCUT2D eigenvalue weighted by molar-refractivity contribution is 5.92. The molecule has 0 aliphatic rings. The van der Waals surface area contributed by atoms with Crippen molar-refractivity contribution >= 4 is 29.6 Å². The van der Waals surface area contributed by atoms with Gasteiger partial charge in [0.2, 0.25) is 23.6 Å². The van der Waals surface area contributed by atoms with Gasteiger partial charge in [-0.1, -0.05) is 84.8 Å². The third-order valence-corrected chi connectivity index (χ3v) is 7.85. The zero-order valence-electron chi connectivity index (χ0n) is 27.8. The molecule has 11 heteroatoms. The third-order valence-electron chi connectivity index (χ3n) is 7.85. The summed E-state index contributed by atoms with van der Waals surface area (Å²) in [7, 11) is 0. The van der Waals surface area contributed by atoms with Crippen LogP contribution in [0.2, 0.25) is 0 Å². The average Bonchev–Trinajstić information content (AvgIpc) is 3.01. The number of benzene rings is 1. The van der Waals surface area contributed by atoms with Gasteiger partial charge >= 0.3 is 5.97 Å². The maximum atomic E-state index is 13.6. The molecule has 0 saturated heterocycles. The molecule has 11 nitrogen and oxygen atoms in total. The topological polar surface area (TPSA) is 183 Å². The van der Waals surface area contributed by atoms with E-state index in [0.29, 0.717) is 57.2 Å². The summed E-state index contributed by atoms with van der Waals surface area (Å²) in [5, 5.41) is 8.64. The molecule has 45 heavy (non-hydrogen) atoms. The number of rotatable bonds is 24. The van der Waals surface area contributed by atoms with Crippen LogP contribution in [0.25, 0.3) is 0 Å². The first kappa shape index (κ1) is 39.6. The van der Waals surface area contributed by atoms with Gasteiger partial charge in [0.1, 0.15) is 23.9 Å². The monoisotopic (exact) mass is 631 g/mol. The van der Waals surface area contributed by atoms with Crippen LogP contribution in [0.3, 0.4) is 0 Å². The van der Waals surface area contributed by atoms with Crippen LogP contribution in [-0.4, -0.2) is 54.3 Å². The first-order valence-corrected chi connectivity index (χ1v) is 16.7. The molecule has 0 spiro atoms. The second-order valence-corrected chi connectivity index (χ2v) is 11.9. The van der Waals surface area contributed by atoms with Crippen LogP contribution in [0, 0.1) is 5.92 Å². The molecule has 1 aromatic carbocycles. The molecular weight excluding hydrogens is 574 g/mol. The van der Waals surface area contributed by atoms with Gasteiger partial charge < -0.3 is 32.2 Å². The Morgan fingerprint density at radius 3 is 2.07 bits per heavy atom. The molecule has 4 amide bonds. The Morgan fingerprint density at radius 2 is 1.44 bits per heavy atom. The minimum Gasteiger partial charge on any atom is -0.425 e. The van der Waals surface area contributed by atoms with Crippen LogP contribution < -0.4 is 32.2 Å². The normalized spacial score (nSPS) is 13.6. The third kappa shape index (κ3) is 17.0. The van der Waals surface area contributed by atoms with Crippen LogP contribution in [0.4, 0.5) is 0 Å². The van der Waals surface area contributed by atoms with E-state index < -0.39 is 30.0 Å². The summed E-state index contributed by atoms with van der Waals surface area (Å²) in [6.07, 6.45) is 9.60. The summed E-state index contributed by atoms with van der Waals surface area (Å²) in [6, 6.07) is 4.39. The van der Waals surface area contributed by atoms with Crippen LogP contribution in [0.5, 0.6) is 5.75 Å². The molecule has 0 bridgehead atoms. The number of carbonyl (C=O) groups is 5. The number of primary amides is 1. The number of nitrogens with one attached hydrogen (secondary N) is 3. The number of esters is 1. The molecule has 254 valence electrons. The predicted octanol–water partition coefficient (Wildman–Crippen LogP) is 3.80. The minimum atomic E-state index is -0.910. The average molecular weight is 632 g/mol. The molecule has 4 unspecified atom stereocenters. The van der Waals surface area contributed by atoms with E-state index >= 15 is 0 Å². The van der Waals surface area contributed by atoms with Crippen LogP contribution in [-0.2, 0) is 30.4 Å². The summed E-state index contributed by atoms with van der Waals surface area (Å²) in [5.41, 5.74) is 11.9. The maximum absolute atomic E-state index is 13.6. The maximum Gasteiger partial charge on any atom is 0.328 e. The lowest BCUT2D eigenvalue weighted by atomic mass is 9.97. The van der Waals surface area contributed by atoms with Crippen molar-refractivity contribution in [2.45, 2.75) is 136 Å². The standard InChI is InChI=1S/C34H57N5O6/c1-5-8-11-15-27(35)34(44)45-26-20-18-25(19-21-26)23-28(38-30(41)17-12-9-6-2)32(42)39-31(24(4)7-3)33(43)37-22-14-10-13-16-29(36)40/h18-21,24,27-28,31H,5-17,22-23,35H2,1-4H3,(H2,36,40)(H,37,43)(H,38,41)(H,39,42). The molecule has 1 aromatic rings. The highest BCUT2D eigenvalue weighted by Gasteiger charge is 2.30. The lowest BCUT2D eigenvalue weighted by Gasteiger charge is -2.26. The van der Waals surface area contributed by atoms with Gasteiger partial charge in [0, 0.05) is 25.8 Å². The number of amides is 4. The Balaban J connectivity index is 2.94. The van der Waals surface area contributed by atoms with Crippen LogP contribution >= 0.6 is 0 Å². The largest absolute Gasteiger partial charge is 0.425 e. The number of unbranched alkanes of at least 4 members (excludes halogenated alkanes) is 6. The summed E-state index contributed by atoms with van der Waals surface area (Å²) in [6.45, 7) is 8.39. The number of ether oxygens (including phenoxy) is 1. The van der Waals surface area contributed by atoms with E-state index in [9.17, 15) is 24.0 Å². The van der Waals surface area contributed by atoms with Gasteiger partial charge in [-0.15, -0.1) is 0 Å². The Morgan fingerprint density at radius 1 is 0.800 bits per heavy atom. The molecule has 4 atom stereocenters. The highest BCUT2D eigenvalue weighted by Crippen LogP contribution is 2.16. The van der Waals surface area contributed by atoms with Crippen molar-refractivity contribution in [3.05, 3.63) is 29.8 Å².